The van der Waals surface area contributed by atoms with E-state index in [4.69, 9.17) is 11.6 Å². The maximum atomic E-state index is 11.8. The average molecular weight is 340 g/mol. The highest BCUT2D eigenvalue weighted by Crippen LogP contribution is 2.25. The number of amides is 2. The van der Waals surface area contributed by atoms with E-state index in [0.717, 1.165) is 6.26 Å². The molecular formula is C14H14ClN3O3S. The minimum absolute atomic E-state index is 0.0805. The summed E-state index contributed by atoms with van der Waals surface area (Å²) >= 11 is 5.96. The van der Waals surface area contributed by atoms with Crippen molar-refractivity contribution < 1.29 is 13.2 Å². The Morgan fingerprint density at radius 2 is 2.05 bits per heavy atom. The molecule has 0 aliphatic carbocycles. The minimum Gasteiger partial charge on any atom is -0.332 e. The second-order valence-electron chi connectivity index (χ2n) is 4.54. The molecule has 0 saturated heterocycles. The second-order valence-corrected chi connectivity index (χ2v) is 6.97. The van der Waals surface area contributed by atoms with E-state index in [2.05, 4.69) is 15.6 Å². The van der Waals surface area contributed by atoms with E-state index in [1.54, 1.807) is 18.3 Å². The van der Waals surface area contributed by atoms with E-state index < -0.39 is 15.9 Å². The monoisotopic (exact) mass is 339 g/mol. The molecule has 2 aromatic rings. The predicted octanol–water partition coefficient (Wildman–Crippen LogP) is 2.46. The number of nitrogens with zero attached hydrogens (tertiary/aromatic N) is 1. The molecule has 1 heterocycles. The van der Waals surface area contributed by atoms with Gasteiger partial charge in [0.1, 0.15) is 0 Å². The van der Waals surface area contributed by atoms with Crippen molar-refractivity contribution in [2.75, 3.05) is 11.6 Å². The van der Waals surface area contributed by atoms with Crippen molar-refractivity contribution in [2.24, 2.45) is 0 Å². The van der Waals surface area contributed by atoms with Gasteiger partial charge in [0.05, 0.1) is 27.8 Å². The number of pyridine rings is 1. The number of urea groups is 1. The fourth-order valence-corrected chi connectivity index (χ4v) is 2.48. The summed E-state index contributed by atoms with van der Waals surface area (Å²) in [5.41, 5.74) is 0.928. The fraction of sp³-hybridized carbons (Fsp3) is 0.143. The van der Waals surface area contributed by atoms with E-state index in [-0.39, 0.29) is 22.2 Å². The van der Waals surface area contributed by atoms with Crippen molar-refractivity contribution in [1.29, 1.82) is 0 Å². The number of aromatic nitrogens is 1. The van der Waals surface area contributed by atoms with Gasteiger partial charge in [-0.15, -0.1) is 0 Å². The lowest BCUT2D eigenvalue weighted by Crippen LogP contribution is -2.28. The summed E-state index contributed by atoms with van der Waals surface area (Å²) in [5.74, 6) is 0. The van der Waals surface area contributed by atoms with Crippen molar-refractivity contribution >= 4 is 33.2 Å². The molecule has 0 bridgehead atoms. The van der Waals surface area contributed by atoms with Gasteiger partial charge in [0.25, 0.3) is 0 Å². The van der Waals surface area contributed by atoms with Crippen LogP contribution in [-0.4, -0.2) is 25.7 Å². The SMILES string of the molecule is CS(=O)(=O)c1ccc(Cl)c(NC(=O)NCc2ccccn2)c1. The van der Waals surface area contributed by atoms with Gasteiger partial charge in [0.2, 0.25) is 0 Å². The number of carbonyl (C=O) groups excluding carboxylic acids is 1. The summed E-state index contributed by atoms with van der Waals surface area (Å²) in [7, 11) is -3.37. The quantitative estimate of drug-likeness (QED) is 0.895. The van der Waals surface area contributed by atoms with Crippen LogP contribution in [0.3, 0.4) is 0 Å². The van der Waals surface area contributed by atoms with Gasteiger partial charge < -0.3 is 10.6 Å². The zero-order chi connectivity index (χ0) is 16.2. The minimum atomic E-state index is -3.37. The lowest BCUT2D eigenvalue weighted by Gasteiger charge is -2.10. The normalized spacial score (nSPS) is 11.0. The Hall–Kier alpha value is -2.12. The lowest BCUT2D eigenvalue weighted by molar-refractivity contribution is 0.251. The molecule has 8 heteroatoms. The van der Waals surface area contributed by atoms with Crippen LogP contribution in [-0.2, 0) is 16.4 Å². The highest BCUT2D eigenvalue weighted by molar-refractivity contribution is 7.90. The van der Waals surface area contributed by atoms with E-state index in [1.165, 1.54) is 18.2 Å². The van der Waals surface area contributed by atoms with E-state index in [0.29, 0.717) is 5.69 Å². The van der Waals surface area contributed by atoms with Gasteiger partial charge in [0, 0.05) is 12.5 Å². The topological polar surface area (TPSA) is 88.2 Å². The molecular weight excluding hydrogens is 326 g/mol. The molecule has 0 fully saturated rings. The summed E-state index contributed by atoms with van der Waals surface area (Å²) < 4.78 is 23.0. The lowest BCUT2D eigenvalue weighted by atomic mass is 10.3. The number of sulfone groups is 1. The van der Waals surface area contributed by atoms with Gasteiger partial charge in [-0.25, -0.2) is 13.2 Å². The van der Waals surface area contributed by atoms with Crippen LogP contribution < -0.4 is 10.6 Å². The highest BCUT2D eigenvalue weighted by atomic mass is 35.5. The number of benzene rings is 1. The third-order valence-corrected chi connectivity index (χ3v) is 4.21. The Morgan fingerprint density at radius 1 is 1.27 bits per heavy atom. The molecule has 116 valence electrons. The largest absolute Gasteiger partial charge is 0.332 e. The first-order chi connectivity index (χ1) is 10.4. The zero-order valence-corrected chi connectivity index (χ0v) is 13.3. The number of anilines is 1. The summed E-state index contributed by atoms with van der Waals surface area (Å²) in [6.07, 6.45) is 2.71. The smallest absolute Gasteiger partial charge is 0.319 e. The summed E-state index contributed by atoms with van der Waals surface area (Å²) in [6, 6.07) is 8.99. The van der Waals surface area contributed by atoms with Crippen LogP contribution in [0.15, 0.2) is 47.5 Å². The van der Waals surface area contributed by atoms with Gasteiger partial charge in [0.15, 0.2) is 9.84 Å². The van der Waals surface area contributed by atoms with E-state index in [1.807, 2.05) is 6.07 Å². The zero-order valence-electron chi connectivity index (χ0n) is 11.7. The number of hydrogen-bond donors (Lipinski definition) is 2. The first-order valence-electron chi connectivity index (χ1n) is 6.30. The molecule has 0 radical (unpaired) electrons. The van der Waals surface area contributed by atoms with Crippen LogP contribution in [0, 0.1) is 0 Å². The molecule has 0 spiro atoms. The van der Waals surface area contributed by atoms with E-state index in [9.17, 15) is 13.2 Å². The summed E-state index contributed by atoms with van der Waals surface area (Å²) in [5, 5.41) is 5.38. The number of carbonyl (C=O) groups is 1. The van der Waals surface area contributed by atoms with Crippen LogP contribution in [0.5, 0.6) is 0 Å². The number of halogens is 1. The van der Waals surface area contributed by atoms with Crippen LogP contribution in [0.2, 0.25) is 5.02 Å². The number of rotatable bonds is 4. The third kappa shape index (κ3) is 4.44. The Labute approximate surface area is 133 Å². The second kappa shape index (κ2) is 6.76. The Morgan fingerprint density at radius 3 is 2.68 bits per heavy atom. The predicted molar refractivity (Wildman–Crippen MR) is 84.7 cm³/mol. The molecule has 0 unspecified atom stereocenters. The Kier molecular flexibility index (Phi) is 4.99. The maximum Gasteiger partial charge on any atom is 0.319 e. The van der Waals surface area contributed by atoms with Gasteiger partial charge >= 0.3 is 6.03 Å². The van der Waals surface area contributed by atoms with Crippen LogP contribution in [0.4, 0.5) is 10.5 Å². The average Bonchev–Trinajstić information content (AvgIpc) is 2.47. The van der Waals surface area contributed by atoms with Crippen molar-refractivity contribution in [3.8, 4) is 0 Å². The van der Waals surface area contributed by atoms with Crippen molar-refractivity contribution in [3.05, 3.63) is 53.3 Å². The first kappa shape index (κ1) is 16.3. The molecule has 2 N–H and O–H groups in total. The van der Waals surface area contributed by atoms with E-state index >= 15 is 0 Å². The first-order valence-corrected chi connectivity index (χ1v) is 8.57. The third-order valence-electron chi connectivity index (χ3n) is 2.77. The molecule has 0 atom stereocenters. The molecule has 0 aliphatic rings. The standard InChI is InChI=1S/C14H14ClN3O3S/c1-22(20,21)11-5-6-12(15)13(8-11)18-14(19)17-9-10-4-2-3-7-16-10/h2-8H,9H2,1H3,(H2,17,18,19). The molecule has 2 rings (SSSR count). The van der Waals surface area contributed by atoms with Gasteiger partial charge in [-0.1, -0.05) is 17.7 Å². The van der Waals surface area contributed by atoms with Crippen LogP contribution >= 0.6 is 11.6 Å². The number of nitrogens with one attached hydrogen (secondary N) is 2. The Bertz CT molecular complexity index is 779. The summed E-state index contributed by atoms with van der Waals surface area (Å²) in [4.78, 5) is 16.0. The van der Waals surface area contributed by atoms with Crippen LogP contribution in [0.1, 0.15) is 5.69 Å². The Balaban J connectivity index is 2.05. The maximum absolute atomic E-state index is 11.8. The summed E-state index contributed by atoms with van der Waals surface area (Å²) in [6.45, 7) is 0.246. The highest BCUT2D eigenvalue weighted by Gasteiger charge is 2.12. The van der Waals surface area contributed by atoms with Crippen LogP contribution in [0.25, 0.3) is 0 Å². The molecule has 2 amide bonds. The molecule has 1 aromatic carbocycles. The van der Waals surface area contributed by atoms with Gasteiger partial charge in [-0.2, -0.15) is 0 Å². The number of hydrogen-bond acceptors (Lipinski definition) is 4. The van der Waals surface area contributed by atoms with Crippen molar-refractivity contribution in [1.82, 2.24) is 10.3 Å². The molecule has 6 nitrogen and oxygen atoms in total. The molecule has 1 aromatic heterocycles. The van der Waals surface area contributed by atoms with Gasteiger partial charge in [-0.05, 0) is 30.3 Å². The van der Waals surface area contributed by atoms with Crippen molar-refractivity contribution in [2.45, 2.75) is 11.4 Å². The van der Waals surface area contributed by atoms with Gasteiger partial charge in [-0.3, -0.25) is 4.98 Å². The fourth-order valence-electron chi connectivity index (χ4n) is 1.67. The molecule has 22 heavy (non-hydrogen) atoms. The molecule has 0 saturated carbocycles. The van der Waals surface area contributed by atoms with Crippen molar-refractivity contribution in [3.63, 3.8) is 0 Å². The molecule has 0 aliphatic heterocycles.